The lowest BCUT2D eigenvalue weighted by Crippen LogP contribution is -2.31. The summed E-state index contributed by atoms with van der Waals surface area (Å²) in [6.45, 7) is 2.55. The van der Waals surface area contributed by atoms with E-state index in [4.69, 9.17) is 9.47 Å². The Morgan fingerprint density at radius 2 is 1.78 bits per heavy atom. The van der Waals surface area contributed by atoms with E-state index in [0.29, 0.717) is 6.61 Å². The van der Waals surface area contributed by atoms with Gasteiger partial charge in [0.05, 0.1) is 31.9 Å². The molecule has 1 atom stereocenters. The molecule has 0 saturated carbocycles. The fourth-order valence-electron chi connectivity index (χ4n) is 2.38. The van der Waals surface area contributed by atoms with E-state index in [1.807, 2.05) is 55.5 Å². The molecule has 5 nitrogen and oxygen atoms in total. The molecular formula is C20H22BrNO4S. The van der Waals surface area contributed by atoms with Crippen LogP contribution in [0.25, 0.3) is 0 Å². The van der Waals surface area contributed by atoms with Crippen LogP contribution in [0.3, 0.4) is 0 Å². The SMILES string of the molecule is CCOc1ccc(SCC(=O)NC(CC(=O)OC)c2ccc(Br)cc2)cc1. The number of esters is 1. The van der Waals surface area contributed by atoms with Crippen molar-refractivity contribution in [3.05, 3.63) is 58.6 Å². The van der Waals surface area contributed by atoms with Crippen molar-refractivity contribution in [2.24, 2.45) is 0 Å². The summed E-state index contributed by atoms with van der Waals surface area (Å²) in [4.78, 5) is 25.1. The first-order chi connectivity index (χ1) is 13.0. The lowest BCUT2D eigenvalue weighted by Gasteiger charge is -2.18. The molecule has 27 heavy (non-hydrogen) atoms. The molecule has 0 aromatic heterocycles. The van der Waals surface area contributed by atoms with Gasteiger partial charge in [0.25, 0.3) is 0 Å². The smallest absolute Gasteiger partial charge is 0.307 e. The summed E-state index contributed by atoms with van der Waals surface area (Å²) < 4.78 is 11.1. The van der Waals surface area contributed by atoms with Gasteiger partial charge in [0.15, 0.2) is 0 Å². The summed E-state index contributed by atoms with van der Waals surface area (Å²) in [5.41, 5.74) is 0.850. The molecule has 0 aliphatic carbocycles. The third kappa shape index (κ3) is 7.27. The van der Waals surface area contributed by atoms with Gasteiger partial charge in [-0.15, -0.1) is 11.8 Å². The van der Waals surface area contributed by atoms with Crippen molar-refractivity contribution in [2.75, 3.05) is 19.5 Å². The Bertz CT molecular complexity index is 750. The van der Waals surface area contributed by atoms with Gasteiger partial charge in [0, 0.05) is 9.37 Å². The number of ether oxygens (including phenoxy) is 2. The second-order valence-electron chi connectivity index (χ2n) is 5.65. The molecule has 0 heterocycles. The van der Waals surface area contributed by atoms with Crippen LogP contribution in [0.2, 0.25) is 0 Å². The van der Waals surface area contributed by atoms with Crippen LogP contribution in [-0.2, 0) is 14.3 Å². The molecule has 0 fully saturated rings. The number of carbonyl (C=O) groups is 2. The number of carbonyl (C=O) groups excluding carboxylic acids is 2. The Morgan fingerprint density at radius 1 is 1.11 bits per heavy atom. The second-order valence-corrected chi connectivity index (χ2v) is 7.61. The van der Waals surface area contributed by atoms with E-state index in [1.165, 1.54) is 18.9 Å². The minimum Gasteiger partial charge on any atom is -0.494 e. The van der Waals surface area contributed by atoms with Gasteiger partial charge in [-0.25, -0.2) is 0 Å². The number of nitrogens with one attached hydrogen (secondary N) is 1. The molecule has 0 radical (unpaired) electrons. The maximum absolute atomic E-state index is 12.4. The molecule has 2 rings (SSSR count). The van der Waals surface area contributed by atoms with E-state index in [1.54, 1.807) is 0 Å². The maximum Gasteiger partial charge on any atom is 0.307 e. The highest BCUT2D eigenvalue weighted by Crippen LogP contribution is 2.23. The molecule has 1 N–H and O–H groups in total. The van der Waals surface area contributed by atoms with Crippen LogP contribution >= 0.6 is 27.7 Å². The summed E-state index contributed by atoms with van der Waals surface area (Å²) in [6, 6.07) is 14.7. The molecule has 144 valence electrons. The fraction of sp³-hybridized carbons (Fsp3) is 0.300. The average Bonchev–Trinajstić information content (AvgIpc) is 2.67. The molecule has 7 heteroatoms. The summed E-state index contributed by atoms with van der Waals surface area (Å²) in [6.07, 6.45) is 0.0809. The Morgan fingerprint density at radius 3 is 2.37 bits per heavy atom. The lowest BCUT2D eigenvalue weighted by molar-refractivity contribution is -0.141. The third-order valence-corrected chi connectivity index (χ3v) is 5.25. The topological polar surface area (TPSA) is 64.6 Å². The van der Waals surface area contributed by atoms with Crippen molar-refractivity contribution in [3.63, 3.8) is 0 Å². The lowest BCUT2D eigenvalue weighted by atomic mass is 10.0. The Hall–Kier alpha value is -1.99. The molecule has 0 spiro atoms. The predicted molar refractivity (Wildman–Crippen MR) is 110 cm³/mol. The first-order valence-electron chi connectivity index (χ1n) is 8.49. The quantitative estimate of drug-likeness (QED) is 0.453. The number of halogens is 1. The standard InChI is InChI=1S/C20H22BrNO4S/c1-3-26-16-8-10-17(11-9-16)27-13-19(23)22-18(12-20(24)25-2)14-4-6-15(21)7-5-14/h4-11,18H,3,12-13H2,1-2H3,(H,22,23). The van der Waals surface area contributed by atoms with Crippen LogP contribution in [0.15, 0.2) is 57.9 Å². The first kappa shape index (κ1) is 21.3. The fourth-order valence-corrected chi connectivity index (χ4v) is 3.35. The molecule has 0 bridgehead atoms. The van der Waals surface area contributed by atoms with Crippen LogP contribution in [0.1, 0.15) is 24.9 Å². The first-order valence-corrected chi connectivity index (χ1v) is 10.3. The zero-order chi connectivity index (χ0) is 19.6. The average molecular weight is 452 g/mol. The van der Waals surface area contributed by atoms with E-state index in [0.717, 1.165) is 20.7 Å². The number of benzene rings is 2. The predicted octanol–water partition coefficient (Wildman–Crippen LogP) is 4.36. The van der Waals surface area contributed by atoms with E-state index in [-0.39, 0.29) is 24.1 Å². The highest BCUT2D eigenvalue weighted by Gasteiger charge is 2.19. The van der Waals surface area contributed by atoms with Crippen LogP contribution in [0, 0.1) is 0 Å². The molecular weight excluding hydrogens is 430 g/mol. The van der Waals surface area contributed by atoms with Crippen LogP contribution in [0.5, 0.6) is 5.75 Å². The minimum absolute atomic E-state index is 0.0809. The van der Waals surface area contributed by atoms with E-state index in [9.17, 15) is 9.59 Å². The van der Waals surface area contributed by atoms with Gasteiger partial charge >= 0.3 is 5.97 Å². The monoisotopic (exact) mass is 451 g/mol. The van der Waals surface area contributed by atoms with Crippen molar-refractivity contribution in [2.45, 2.75) is 24.3 Å². The number of amides is 1. The zero-order valence-corrected chi connectivity index (χ0v) is 17.6. The van der Waals surface area contributed by atoms with Gasteiger partial charge in [0.1, 0.15) is 5.75 Å². The third-order valence-electron chi connectivity index (χ3n) is 3.71. The molecule has 2 aromatic rings. The normalized spacial score (nSPS) is 11.5. The summed E-state index contributed by atoms with van der Waals surface area (Å²) >= 11 is 4.81. The van der Waals surface area contributed by atoms with Crippen molar-refractivity contribution in [1.82, 2.24) is 5.32 Å². The molecule has 0 saturated heterocycles. The van der Waals surface area contributed by atoms with Gasteiger partial charge in [-0.05, 0) is 48.9 Å². The number of rotatable bonds is 9. The Kier molecular flexibility index (Phi) is 8.67. The second kappa shape index (κ2) is 11.0. The van der Waals surface area contributed by atoms with E-state index < -0.39 is 6.04 Å². The van der Waals surface area contributed by atoms with Crippen molar-refractivity contribution in [1.29, 1.82) is 0 Å². The molecule has 1 unspecified atom stereocenters. The van der Waals surface area contributed by atoms with Gasteiger partial charge in [-0.2, -0.15) is 0 Å². The van der Waals surface area contributed by atoms with Gasteiger partial charge < -0.3 is 14.8 Å². The number of hydrogen-bond donors (Lipinski definition) is 1. The number of hydrogen-bond acceptors (Lipinski definition) is 5. The highest BCUT2D eigenvalue weighted by molar-refractivity contribution is 9.10. The maximum atomic E-state index is 12.4. The summed E-state index contributed by atoms with van der Waals surface area (Å²) in [5, 5.41) is 2.92. The van der Waals surface area contributed by atoms with Crippen molar-refractivity contribution < 1.29 is 19.1 Å². The molecule has 0 aliphatic rings. The Balaban J connectivity index is 1.95. The molecule has 1 amide bonds. The largest absolute Gasteiger partial charge is 0.494 e. The number of methoxy groups -OCH3 is 1. The van der Waals surface area contributed by atoms with E-state index in [2.05, 4.69) is 21.2 Å². The molecule has 0 aliphatic heterocycles. The van der Waals surface area contributed by atoms with Gasteiger partial charge in [-0.1, -0.05) is 28.1 Å². The minimum atomic E-state index is -0.431. The van der Waals surface area contributed by atoms with E-state index >= 15 is 0 Å². The van der Waals surface area contributed by atoms with Gasteiger partial charge in [-0.3, -0.25) is 9.59 Å². The Labute approximate surface area is 171 Å². The van der Waals surface area contributed by atoms with Crippen LogP contribution < -0.4 is 10.1 Å². The van der Waals surface area contributed by atoms with Gasteiger partial charge in [0.2, 0.25) is 5.91 Å². The zero-order valence-electron chi connectivity index (χ0n) is 15.2. The van der Waals surface area contributed by atoms with Crippen LogP contribution in [0.4, 0.5) is 0 Å². The van der Waals surface area contributed by atoms with Crippen LogP contribution in [-0.4, -0.2) is 31.3 Å². The highest BCUT2D eigenvalue weighted by atomic mass is 79.9. The van der Waals surface area contributed by atoms with Crippen molar-refractivity contribution in [3.8, 4) is 5.75 Å². The summed E-state index contributed by atoms with van der Waals surface area (Å²) in [5.74, 6) is 0.537. The number of thioether (sulfide) groups is 1. The molecule has 2 aromatic carbocycles. The summed E-state index contributed by atoms with van der Waals surface area (Å²) in [7, 11) is 1.34. The van der Waals surface area contributed by atoms with Crippen molar-refractivity contribution >= 4 is 39.6 Å².